The van der Waals surface area contributed by atoms with E-state index in [-0.39, 0.29) is 0 Å². The lowest BCUT2D eigenvalue weighted by atomic mass is 9.92. The fraction of sp³-hybridized carbons (Fsp3) is 1.00. The summed E-state index contributed by atoms with van der Waals surface area (Å²) in [6.07, 6.45) is 5.85. The highest BCUT2D eigenvalue weighted by Crippen LogP contribution is 2.27. The van der Waals surface area contributed by atoms with Crippen LogP contribution < -0.4 is 0 Å². The Kier molecular flexibility index (Phi) is 2.66. The van der Waals surface area contributed by atoms with Crippen molar-refractivity contribution in [2.24, 2.45) is 5.92 Å². The quantitative estimate of drug-likeness (QED) is 0.545. The van der Waals surface area contributed by atoms with E-state index in [2.05, 4.69) is 11.9 Å². The topological polar surface area (TPSA) is 12.5 Å². The molecule has 2 atom stereocenters. The average Bonchev–Trinajstić information content (AvgIpc) is 2.25. The molecule has 0 radical (unpaired) electrons. The molecular formula is C10H19NO. The Morgan fingerprint density at radius 2 is 2.17 bits per heavy atom. The summed E-state index contributed by atoms with van der Waals surface area (Å²) in [6, 6.07) is 0. The first-order valence-electron chi connectivity index (χ1n) is 5.16. The summed E-state index contributed by atoms with van der Waals surface area (Å²) >= 11 is 0. The number of hydrogen-bond donors (Lipinski definition) is 0. The first kappa shape index (κ1) is 8.52. The molecule has 0 bridgehead atoms. The molecule has 12 heavy (non-hydrogen) atoms. The van der Waals surface area contributed by atoms with E-state index in [0.717, 1.165) is 12.5 Å². The second-order valence-corrected chi connectivity index (χ2v) is 4.22. The molecule has 0 spiro atoms. The lowest BCUT2D eigenvalue weighted by Gasteiger charge is -2.31. The normalized spacial score (nSPS) is 38.8. The molecule has 2 nitrogen and oxygen atoms in total. The Morgan fingerprint density at radius 3 is 3.08 bits per heavy atom. The SMILES string of the molecule is CN1CCC[C@H]2OCCC[C@H]2C1. The summed E-state index contributed by atoms with van der Waals surface area (Å²) in [6.45, 7) is 3.52. The Balaban J connectivity index is 1.96. The molecule has 0 unspecified atom stereocenters. The van der Waals surface area contributed by atoms with E-state index in [1.54, 1.807) is 0 Å². The fourth-order valence-corrected chi connectivity index (χ4v) is 2.48. The first-order chi connectivity index (χ1) is 5.86. The minimum Gasteiger partial charge on any atom is -0.378 e. The van der Waals surface area contributed by atoms with Crippen LogP contribution in [0.25, 0.3) is 0 Å². The Bertz CT molecular complexity index is 149. The van der Waals surface area contributed by atoms with Gasteiger partial charge >= 0.3 is 0 Å². The fourth-order valence-electron chi connectivity index (χ4n) is 2.48. The minimum absolute atomic E-state index is 0.587. The van der Waals surface area contributed by atoms with Gasteiger partial charge in [0.2, 0.25) is 0 Å². The largest absolute Gasteiger partial charge is 0.378 e. The molecule has 0 aliphatic carbocycles. The van der Waals surface area contributed by atoms with Crippen molar-refractivity contribution in [2.45, 2.75) is 31.8 Å². The van der Waals surface area contributed by atoms with Crippen LogP contribution in [0.15, 0.2) is 0 Å². The van der Waals surface area contributed by atoms with Gasteiger partial charge in [-0.15, -0.1) is 0 Å². The zero-order valence-corrected chi connectivity index (χ0v) is 7.96. The van der Waals surface area contributed by atoms with E-state index in [4.69, 9.17) is 4.74 Å². The summed E-state index contributed by atoms with van der Waals surface area (Å²) in [5, 5.41) is 0. The molecule has 2 aliphatic heterocycles. The lowest BCUT2D eigenvalue weighted by Crippen LogP contribution is -2.34. The summed E-state index contributed by atoms with van der Waals surface area (Å²) < 4.78 is 5.78. The van der Waals surface area contributed by atoms with Crippen molar-refractivity contribution in [3.05, 3.63) is 0 Å². The number of nitrogens with zero attached hydrogens (tertiary/aromatic N) is 1. The monoisotopic (exact) mass is 169 g/mol. The van der Waals surface area contributed by atoms with Crippen LogP contribution in [0.3, 0.4) is 0 Å². The maximum atomic E-state index is 5.78. The van der Waals surface area contributed by atoms with E-state index in [1.807, 2.05) is 0 Å². The van der Waals surface area contributed by atoms with Gasteiger partial charge in [0.15, 0.2) is 0 Å². The van der Waals surface area contributed by atoms with Crippen molar-refractivity contribution in [1.29, 1.82) is 0 Å². The molecule has 0 aromatic rings. The van der Waals surface area contributed by atoms with Gasteiger partial charge in [0.1, 0.15) is 0 Å². The Labute approximate surface area is 74.9 Å². The molecule has 0 aromatic heterocycles. The van der Waals surface area contributed by atoms with E-state index < -0.39 is 0 Å². The summed E-state index contributed by atoms with van der Waals surface area (Å²) in [5.41, 5.74) is 0. The predicted molar refractivity (Wildman–Crippen MR) is 49.2 cm³/mol. The number of rotatable bonds is 0. The maximum absolute atomic E-state index is 5.78. The number of hydrogen-bond acceptors (Lipinski definition) is 2. The van der Waals surface area contributed by atoms with Crippen LogP contribution in [0, 0.1) is 5.92 Å². The second kappa shape index (κ2) is 3.75. The van der Waals surface area contributed by atoms with Crippen molar-refractivity contribution in [2.75, 3.05) is 26.7 Å². The molecule has 2 rings (SSSR count). The van der Waals surface area contributed by atoms with Gasteiger partial charge in [0.25, 0.3) is 0 Å². The van der Waals surface area contributed by atoms with Crippen LogP contribution in [-0.4, -0.2) is 37.7 Å². The van der Waals surface area contributed by atoms with Gasteiger partial charge in [-0.1, -0.05) is 0 Å². The van der Waals surface area contributed by atoms with Gasteiger partial charge in [-0.2, -0.15) is 0 Å². The zero-order valence-electron chi connectivity index (χ0n) is 7.96. The van der Waals surface area contributed by atoms with Crippen molar-refractivity contribution >= 4 is 0 Å². The molecule has 2 heteroatoms. The third kappa shape index (κ3) is 1.80. The third-order valence-corrected chi connectivity index (χ3v) is 3.15. The van der Waals surface area contributed by atoms with E-state index in [1.165, 1.54) is 38.8 Å². The van der Waals surface area contributed by atoms with Crippen LogP contribution in [0.2, 0.25) is 0 Å². The second-order valence-electron chi connectivity index (χ2n) is 4.22. The van der Waals surface area contributed by atoms with Crippen LogP contribution in [0.5, 0.6) is 0 Å². The molecular weight excluding hydrogens is 150 g/mol. The van der Waals surface area contributed by atoms with Crippen LogP contribution in [0.1, 0.15) is 25.7 Å². The van der Waals surface area contributed by atoms with Crippen LogP contribution in [-0.2, 0) is 4.74 Å². The van der Waals surface area contributed by atoms with Crippen molar-refractivity contribution in [3.63, 3.8) is 0 Å². The Hall–Kier alpha value is -0.0800. The molecule has 2 heterocycles. The summed E-state index contributed by atoms with van der Waals surface area (Å²) in [5.74, 6) is 0.825. The van der Waals surface area contributed by atoms with Gasteiger partial charge in [0.05, 0.1) is 6.10 Å². The Morgan fingerprint density at radius 1 is 1.25 bits per heavy atom. The van der Waals surface area contributed by atoms with Crippen molar-refractivity contribution in [1.82, 2.24) is 4.90 Å². The molecule has 0 saturated carbocycles. The molecule has 2 aliphatic rings. The molecule has 0 amide bonds. The van der Waals surface area contributed by atoms with Crippen molar-refractivity contribution < 1.29 is 4.74 Å². The molecule has 0 N–H and O–H groups in total. The van der Waals surface area contributed by atoms with Crippen LogP contribution >= 0.6 is 0 Å². The van der Waals surface area contributed by atoms with Crippen molar-refractivity contribution in [3.8, 4) is 0 Å². The number of ether oxygens (including phenoxy) is 1. The standard InChI is InChI=1S/C10H19NO/c1-11-6-2-5-10-9(8-11)4-3-7-12-10/h9-10H,2-8H2,1H3/t9-,10+/m0/s1. The van der Waals surface area contributed by atoms with Crippen LogP contribution in [0.4, 0.5) is 0 Å². The summed E-state index contributed by atoms with van der Waals surface area (Å²) in [7, 11) is 2.23. The summed E-state index contributed by atoms with van der Waals surface area (Å²) in [4.78, 5) is 2.46. The number of likely N-dealkylation sites (tertiary alicyclic amines) is 1. The molecule has 0 aromatic carbocycles. The highest BCUT2D eigenvalue weighted by molar-refractivity contribution is 4.80. The predicted octanol–water partition coefficient (Wildman–Crippen LogP) is 1.51. The lowest BCUT2D eigenvalue weighted by molar-refractivity contribution is -0.0297. The highest BCUT2D eigenvalue weighted by atomic mass is 16.5. The van der Waals surface area contributed by atoms with Gasteiger partial charge in [-0.3, -0.25) is 0 Å². The molecule has 70 valence electrons. The van der Waals surface area contributed by atoms with E-state index >= 15 is 0 Å². The molecule has 2 saturated heterocycles. The molecule has 2 fully saturated rings. The first-order valence-corrected chi connectivity index (χ1v) is 5.16. The minimum atomic E-state index is 0.587. The highest BCUT2D eigenvalue weighted by Gasteiger charge is 2.28. The van der Waals surface area contributed by atoms with Gasteiger partial charge in [-0.25, -0.2) is 0 Å². The third-order valence-electron chi connectivity index (χ3n) is 3.15. The van der Waals surface area contributed by atoms with E-state index in [9.17, 15) is 0 Å². The van der Waals surface area contributed by atoms with E-state index in [0.29, 0.717) is 6.10 Å². The smallest absolute Gasteiger partial charge is 0.0616 e. The van der Waals surface area contributed by atoms with Gasteiger partial charge < -0.3 is 9.64 Å². The average molecular weight is 169 g/mol. The van der Waals surface area contributed by atoms with Gasteiger partial charge in [0, 0.05) is 13.2 Å². The van der Waals surface area contributed by atoms with Gasteiger partial charge in [-0.05, 0) is 45.2 Å². The zero-order chi connectivity index (χ0) is 8.39. The maximum Gasteiger partial charge on any atom is 0.0616 e. The number of fused-ring (bicyclic) bond motifs is 1.